The van der Waals surface area contributed by atoms with Gasteiger partial charge in [0.25, 0.3) is 0 Å². The summed E-state index contributed by atoms with van der Waals surface area (Å²) < 4.78 is 41.6. The molecule has 0 aliphatic carbocycles. The molecule has 0 spiro atoms. The van der Waals surface area contributed by atoms with Crippen LogP contribution in [0.5, 0.6) is 11.5 Å². The SMILES string of the molecule is COC(=O)c1cc2c(cc1C(=O)OC)-c1nc-2nc2[nH]c(nc3nc(nc4[nH]c(n1)c1cc(C(=O)OC)c(C(=O)OC)cc41)-c1cc(OC)c(OC)cc1-3)c1cc(C(=O)OC)c(C(=O)OC)cc21. The molecule has 7 aromatic rings. The Morgan fingerprint density at radius 3 is 0.765 bits per heavy atom. The lowest BCUT2D eigenvalue weighted by Gasteiger charge is -2.09. The molecule has 0 unspecified atom stereocenters. The summed E-state index contributed by atoms with van der Waals surface area (Å²) in [7, 11) is 9.81. The summed E-state index contributed by atoms with van der Waals surface area (Å²) in [6, 6.07) is 11.5. The van der Waals surface area contributed by atoms with Crippen molar-refractivity contribution < 1.29 is 66.7 Å². The van der Waals surface area contributed by atoms with Gasteiger partial charge in [-0.1, -0.05) is 0 Å². The van der Waals surface area contributed by atoms with Gasteiger partial charge < -0.3 is 47.9 Å². The molecule has 0 saturated carbocycles. The predicted molar refractivity (Wildman–Crippen MR) is 237 cm³/mol. The molecule has 0 saturated heterocycles. The summed E-state index contributed by atoms with van der Waals surface area (Å²) in [6.07, 6.45) is 0. The summed E-state index contributed by atoms with van der Waals surface area (Å²) in [5.41, 5.74) is 0.401. The third kappa shape index (κ3) is 6.97. The van der Waals surface area contributed by atoms with E-state index in [0.29, 0.717) is 22.6 Å². The molecule has 22 heteroatoms. The molecule has 342 valence electrons. The number of aromatic amines is 2. The fourth-order valence-corrected chi connectivity index (χ4v) is 7.93. The molecular formula is C46H34N8O14. The van der Waals surface area contributed by atoms with Crippen molar-refractivity contribution in [3.05, 3.63) is 81.9 Å². The molecule has 2 aliphatic heterocycles. The van der Waals surface area contributed by atoms with Gasteiger partial charge in [-0.3, -0.25) is 0 Å². The minimum absolute atomic E-state index is 0.0423. The molecule has 4 aromatic carbocycles. The van der Waals surface area contributed by atoms with E-state index in [4.69, 9.17) is 67.8 Å². The first kappa shape index (κ1) is 43.9. The Labute approximate surface area is 381 Å². The van der Waals surface area contributed by atoms with E-state index < -0.39 is 35.8 Å². The summed E-state index contributed by atoms with van der Waals surface area (Å²) >= 11 is 0. The number of aromatic nitrogens is 8. The van der Waals surface area contributed by atoms with Gasteiger partial charge in [0, 0.05) is 43.8 Å². The van der Waals surface area contributed by atoms with Crippen LogP contribution in [0.4, 0.5) is 0 Å². The second kappa shape index (κ2) is 16.9. The molecule has 0 radical (unpaired) electrons. The molecule has 8 bridgehead atoms. The van der Waals surface area contributed by atoms with Crippen molar-refractivity contribution in [2.45, 2.75) is 0 Å². The third-order valence-electron chi connectivity index (χ3n) is 11.2. The van der Waals surface area contributed by atoms with Crippen molar-refractivity contribution in [3.63, 3.8) is 0 Å². The number of hydrogen-bond donors (Lipinski definition) is 2. The summed E-state index contributed by atoms with van der Waals surface area (Å²) in [5, 5.41) is 1.01. The van der Waals surface area contributed by atoms with Gasteiger partial charge in [-0.25, -0.2) is 58.7 Å². The second-order valence-electron chi connectivity index (χ2n) is 14.6. The van der Waals surface area contributed by atoms with Crippen LogP contribution in [0.2, 0.25) is 0 Å². The van der Waals surface area contributed by atoms with Crippen molar-refractivity contribution in [1.82, 2.24) is 39.9 Å². The monoisotopic (exact) mass is 922 g/mol. The number of nitrogens with zero attached hydrogens (tertiary/aromatic N) is 6. The smallest absolute Gasteiger partial charge is 0.338 e. The number of nitrogens with one attached hydrogen (secondary N) is 2. The van der Waals surface area contributed by atoms with Crippen LogP contribution in [0.15, 0.2) is 48.5 Å². The van der Waals surface area contributed by atoms with Crippen molar-refractivity contribution in [1.29, 1.82) is 0 Å². The maximum atomic E-state index is 13.3. The Hall–Kier alpha value is -9.34. The van der Waals surface area contributed by atoms with Gasteiger partial charge in [0.05, 0.1) is 90.3 Å². The lowest BCUT2D eigenvalue weighted by molar-refractivity contribution is 0.0555. The van der Waals surface area contributed by atoms with Gasteiger partial charge in [0.2, 0.25) is 0 Å². The van der Waals surface area contributed by atoms with Crippen LogP contribution in [0.25, 0.3) is 89.7 Å². The summed E-state index contributed by atoms with van der Waals surface area (Å²) in [5.74, 6) is -4.56. The number of esters is 6. The van der Waals surface area contributed by atoms with Crippen molar-refractivity contribution >= 4 is 79.9 Å². The lowest BCUT2D eigenvalue weighted by Crippen LogP contribution is -2.12. The van der Waals surface area contributed by atoms with Crippen LogP contribution in [0.1, 0.15) is 62.1 Å². The van der Waals surface area contributed by atoms with E-state index in [2.05, 4.69) is 9.97 Å². The number of fused-ring (bicyclic) bond motifs is 20. The van der Waals surface area contributed by atoms with E-state index in [1.54, 1.807) is 12.1 Å². The van der Waals surface area contributed by atoms with Crippen LogP contribution in [0, 0.1) is 0 Å². The summed E-state index contributed by atoms with van der Waals surface area (Å²) in [4.78, 5) is 115. The highest BCUT2D eigenvalue weighted by molar-refractivity contribution is 6.15. The highest BCUT2D eigenvalue weighted by Crippen LogP contribution is 2.43. The molecule has 0 atom stereocenters. The molecule has 9 rings (SSSR count). The fraction of sp³-hybridized carbons (Fsp3) is 0.174. The second-order valence-corrected chi connectivity index (χ2v) is 14.6. The quantitative estimate of drug-likeness (QED) is 0.138. The average molecular weight is 923 g/mol. The number of carbonyl (C=O) groups is 6. The topological polar surface area (TPSA) is 285 Å². The molecule has 0 fully saturated rings. The number of methoxy groups -OCH3 is 8. The molecule has 22 nitrogen and oxygen atoms in total. The maximum absolute atomic E-state index is 13.3. The van der Waals surface area contributed by atoms with E-state index in [0.717, 1.165) is 42.7 Å². The van der Waals surface area contributed by atoms with Crippen molar-refractivity contribution in [2.24, 2.45) is 0 Å². The van der Waals surface area contributed by atoms with Crippen LogP contribution in [0.3, 0.4) is 0 Å². The fourth-order valence-electron chi connectivity index (χ4n) is 7.93. The van der Waals surface area contributed by atoms with Gasteiger partial charge in [-0.05, 0) is 48.5 Å². The van der Waals surface area contributed by atoms with Crippen LogP contribution in [-0.4, -0.2) is 133 Å². The zero-order chi connectivity index (χ0) is 48.3. The van der Waals surface area contributed by atoms with Crippen LogP contribution < -0.4 is 9.47 Å². The third-order valence-corrected chi connectivity index (χ3v) is 11.2. The lowest BCUT2D eigenvalue weighted by atomic mass is 9.98. The Morgan fingerprint density at radius 2 is 0.544 bits per heavy atom. The first-order valence-corrected chi connectivity index (χ1v) is 19.9. The summed E-state index contributed by atoms with van der Waals surface area (Å²) in [6.45, 7) is 0. The van der Waals surface area contributed by atoms with Gasteiger partial charge in [-0.15, -0.1) is 0 Å². The number of ether oxygens (including phenoxy) is 8. The van der Waals surface area contributed by atoms with E-state index in [1.807, 2.05) is 0 Å². The van der Waals surface area contributed by atoms with E-state index in [-0.39, 0.29) is 112 Å². The van der Waals surface area contributed by atoms with Crippen molar-refractivity contribution in [2.75, 3.05) is 56.9 Å². The normalized spacial score (nSPS) is 11.3. The van der Waals surface area contributed by atoms with Crippen molar-refractivity contribution in [3.8, 4) is 57.1 Å². The first-order valence-electron chi connectivity index (χ1n) is 19.9. The Bertz CT molecular complexity index is 3370. The molecule has 0 amide bonds. The minimum Gasteiger partial charge on any atom is -0.493 e. The van der Waals surface area contributed by atoms with Gasteiger partial charge >= 0.3 is 35.8 Å². The average Bonchev–Trinajstić information content (AvgIpc) is 4.09. The number of hydrogen-bond acceptors (Lipinski definition) is 20. The molecule has 68 heavy (non-hydrogen) atoms. The maximum Gasteiger partial charge on any atom is 0.338 e. The van der Waals surface area contributed by atoms with E-state index in [9.17, 15) is 28.8 Å². The zero-order valence-electron chi connectivity index (χ0n) is 37.0. The highest BCUT2D eigenvalue weighted by atomic mass is 16.5. The van der Waals surface area contributed by atoms with Crippen LogP contribution >= 0.6 is 0 Å². The molecule has 2 aliphatic rings. The van der Waals surface area contributed by atoms with E-state index in [1.165, 1.54) is 50.6 Å². The number of H-pyrrole nitrogens is 2. The Balaban J connectivity index is 1.53. The molecule has 5 heterocycles. The van der Waals surface area contributed by atoms with Crippen LogP contribution in [-0.2, 0) is 28.4 Å². The first-order chi connectivity index (χ1) is 32.8. The number of carbonyl (C=O) groups excluding carboxylic acids is 6. The van der Waals surface area contributed by atoms with E-state index >= 15 is 0 Å². The molecular weight excluding hydrogens is 889 g/mol. The Morgan fingerprint density at radius 1 is 0.324 bits per heavy atom. The van der Waals surface area contributed by atoms with Gasteiger partial charge in [-0.2, -0.15) is 0 Å². The largest absolute Gasteiger partial charge is 0.493 e. The zero-order valence-corrected chi connectivity index (χ0v) is 37.0. The predicted octanol–water partition coefficient (Wildman–Crippen LogP) is 5.61. The minimum atomic E-state index is -0.887. The molecule has 3 aromatic heterocycles. The highest BCUT2D eigenvalue weighted by Gasteiger charge is 2.30. The number of benzene rings is 4. The Kier molecular flexibility index (Phi) is 10.9. The standard InChI is InChI=1S/C46H34N8O14/c1-61-31-15-23-24(16-32(31)62-2)40-53-38-22-14-30(46(60)68-8)28(44(58)66-6)12-20(22)36(51-38)49-34-18-10-26(42(56)64-4)25(41(55)63-3)9-17(18)33(47-34)48-35-19-11-27(43(57)65-5)29(45(59)67-7)13-21(19)37(50-35)52-39(23)54-40/h9-16H,1-8H3,(H2,47,48,49,50,51,52,53,54). The number of rotatable bonds is 8. The van der Waals surface area contributed by atoms with Gasteiger partial charge in [0.1, 0.15) is 22.6 Å². The molecule has 2 N–H and O–H groups in total. The van der Waals surface area contributed by atoms with Gasteiger partial charge in [0.15, 0.2) is 34.8 Å².